The number of aromatic nitrogens is 3. The molecule has 9 aromatic rings. The lowest BCUT2D eigenvalue weighted by molar-refractivity contribution is 0.669. The number of thiophene rings is 1. The topological polar surface area (TPSA) is 51.8 Å². The number of hydrogen-bond acceptors (Lipinski definition) is 5. The molecule has 51 heavy (non-hydrogen) atoms. The fourth-order valence-electron chi connectivity index (χ4n) is 6.79. The van der Waals surface area contributed by atoms with Gasteiger partial charge in [0.1, 0.15) is 11.2 Å². The van der Waals surface area contributed by atoms with Gasteiger partial charge in [0.05, 0.1) is 0 Å². The molecule has 0 amide bonds. The summed E-state index contributed by atoms with van der Waals surface area (Å²) in [7, 11) is 0. The van der Waals surface area contributed by atoms with Gasteiger partial charge in [0.2, 0.25) is 0 Å². The maximum absolute atomic E-state index is 6.45. The minimum Gasteiger partial charge on any atom is -0.456 e. The minimum atomic E-state index is 0.598. The van der Waals surface area contributed by atoms with Crippen LogP contribution in [-0.4, -0.2) is 15.0 Å². The summed E-state index contributed by atoms with van der Waals surface area (Å²) in [4.78, 5) is 16.6. The Morgan fingerprint density at radius 2 is 1.18 bits per heavy atom. The summed E-state index contributed by atoms with van der Waals surface area (Å²) >= 11 is 1.74. The van der Waals surface area contributed by atoms with Crippen molar-refractivity contribution in [1.29, 1.82) is 0 Å². The van der Waals surface area contributed by atoms with Crippen molar-refractivity contribution < 1.29 is 4.42 Å². The first-order valence-electron chi connectivity index (χ1n) is 16.9. The summed E-state index contributed by atoms with van der Waals surface area (Å²) in [5.41, 5.74) is 10.2. The molecule has 0 spiro atoms. The summed E-state index contributed by atoms with van der Waals surface area (Å²) in [5, 5.41) is 3.18. The lowest BCUT2D eigenvalue weighted by Gasteiger charge is -2.10. The third-order valence-corrected chi connectivity index (χ3v) is 10.6. The second-order valence-electron chi connectivity index (χ2n) is 12.5. The van der Waals surface area contributed by atoms with Crippen molar-refractivity contribution in [1.82, 2.24) is 15.0 Å². The van der Waals surface area contributed by atoms with Crippen LogP contribution in [0.2, 0.25) is 0 Å². The molecule has 0 aliphatic rings. The Morgan fingerprint density at radius 1 is 0.549 bits per heavy atom. The fraction of sp³-hybridized carbons (Fsp3) is 0.0217. The Balaban J connectivity index is 1.25. The Kier molecular flexibility index (Phi) is 7.68. The summed E-state index contributed by atoms with van der Waals surface area (Å²) < 4.78 is 7.59. The Labute approximate surface area is 299 Å². The van der Waals surface area contributed by atoms with Gasteiger partial charge in [0.15, 0.2) is 17.5 Å². The Bertz CT molecular complexity index is 2780. The van der Waals surface area contributed by atoms with E-state index in [1.54, 1.807) is 17.4 Å². The second kappa shape index (κ2) is 12.8. The van der Waals surface area contributed by atoms with Gasteiger partial charge in [-0.3, -0.25) is 0 Å². The zero-order valence-electron chi connectivity index (χ0n) is 27.9. The van der Waals surface area contributed by atoms with Crippen molar-refractivity contribution in [3.8, 4) is 56.4 Å². The molecule has 0 atom stereocenters. The molecular weight excluding hydrogens is 643 g/mol. The molecule has 3 aromatic heterocycles. The molecule has 242 valence electrons. The van der Waals surface area contributed by atoms with Gasteiger partial charge in [-0.25, -0.2) is 15.0 Å². The van der Waals surface area contributed by atoms with Crippen LogP contribution in [0.15, 0.2) is 163 Å². The van der Waals surface area contributed by atoms with Crippen LogP contribution < -0.4 is 0 Å². The molecule has 0 aliphatic carbocycles. The number of allylic oxidation sites excluding steroid dienone is 2. The third-order valence-electron chi connectivity index (χ3n) is 9.33. The third kappa shape index (κ3) is 5.54. The number of hydrogen-bond donors (Lipinski definition) is 0. The number of benzene rings is 6. The van der Waals surface area contributed by atoms with Crippen LogP contribution >= 0.6 is 11.3 Å². The smallest absolute Gasteiger partial charge is 0.165 e. The molecule has 0 fully saturated rings. The highest BCUT2D eigenvalue weighted by Crippen LogP contribution is 2.41. The van der Waals surface area contributed by atoms with Crippen LogP contribution in [0.25, 0.3) is 94.5 Å². The van der Waals surface area contributed by atoms with Crippen molar-refractivity contribution >= 4 is 49.4 Å². The predicted octanol–water partition coefficient (Wildman–Crippen LogP) is 12.8. The average Bonchev–Trinajstić information content (AvgIpc) is 3.74. The highest BCUT2D eigenvalue weighted by molar-refractivity contribution is 7.20. The zero-order chi connectivity index (χ0) is 34.3. The summed E-state index contributed by atoms with van der Waals surface area (Å²) in [6.07, 6.45) is 5.90. The van der Waals surface area contributed by atoms with E-state index in [0.29, 0.717) is 17.5 Å². The van der Waals surface area contributed by atoms with Crippen molar-refractivity contribution in [3.63, 3.8) is 0 Å². The standard InChI is InChI=1S/C46H31N3OS/c1-3-4-24-41-29(2)35-20-12-22-37(43(35)51-41)46-48-44(31-16-9-6-10-17-31)47-45(49-46)36-21-13-23-40-42(36)38-28-34(25-26-39(38)50-40)33-19-11-18-32(27-33)30-14-7-5-8-15-30/h3-28H,1H2,2H3/b24-4-. The van der Waals surface area contributed by atoms with Crippen LogP contribution in [0, 0.1) is 6.92 Å². The first-order chi connectivity index (χ1) is 25.1. The minimum absolute atomic E-state index is 0.598. The van der Waals surface area contributed by atoms with Crippen molar-refractivity contribution in [2.24, 2.45) is 0 Å². The van der Waals surface area contributed by atoms with E-state index >= 15 is 0 Å². The average molecular weight is 674 g/mol. The van der Waals surface area contributed by atoms with Crippen LogP contribution in [0.1, 0.15) is 10.4 Å². The van der Waals surface area contributed by atoms with Gasteiger partial charge in [0, 0.05) is 37.0 Å². The molecule has 4 nitrogen and oxygen atoms in total. The van der Waals surface area contributed by atoms with Crippen molar-refractivity contribution in [2.75, 3.05) is 0 Å². The molecule has 5 heteroatoms. The maximum atomic E-state index is 6.45. The lowest BCUT2D eigenvalue weighted by atomic mass is 9.97. The molecule has 0 saturated heterocycles. The van der Waals surface area contributed by atoms with E-state index < -0.39 is 0 Å². The van der Waals surface area contributed by atoms with E-state index in [0.717, 1.165) is 54.5 Å². The number of aryl methyl sites for hydroxylation is 1. The molecule has 0 aliphatic heterocycles. The molecule has 6 aromatic carbocycles. The molecule has 0 N–H and O–H groups in total. The Morgan fingerprint density at radius 3 is 1.96 bits per heavy atom. The van der Waals surface area contributed by atoms with Crippen LogP contribution in [-0.2, 0) is 0 Å². The molecule has 3 heterocycles. The number of nitrogens with zero attached hydrogens (tertiary/aromatic N) is 3. The lowest BCUT2D eigenvalue weighted by Crippen LogP contribution is -2.00. The summed E-state index contributed by atoms with van der Waals surface area (Å²) in [5.74, 6) is 1.85. The highest BCUT2D eigenvalue weighted by atomic mass is 32.1. The van der Waals surface area contributed by atoms with Gasteiger partial charge in [-0.2, -0.15) is 0 Å². The first kappa shape index (κ1) is 30.6. The quantitative estimate of drug-likeness (QED) is 0.158. The van der Waals surface area contributed by atoms with Gasteiger partial charge in [-0.15, -0.1) is 11.3 Å². The van der Waals surface area contributed by atoms with Gasteiger partial charge in [0.25, 0.3) is 0 Å². The van der Waals surface area contributed by atoms with E-state index in [1.807, 2.05) is 54.6 Å². The van der Waals surface area contributed by atoms with Gasteiger partial charge in [-0.1, -0.05) is 128 Å². The summed E-state index contributed by atoms with van der Waals surface area (Å²) in [6, 6.07) is 48.2. The SMILES string of the molecule is C=C/C=C\c1sc2c(-c3nc(-c4ccccc4)nc(-c4cccc5oc6ccc(-c7cccc(-c8ccccc8)c7)cc6c45)n3)cccc2c1C. The van der Waals surface area contributed by atoms with Gasteiger partial charge in [-0.05, 0) is 76.5 Å². The second-order valence-corrected chi connectivity index (χ2v) is 13.5. The monoisotopic (exact) mass is 673 g/mol. The summed E-state index contributed by atoms with van der Waals surface area (Å²) in [6.45, 7) is 6.02. The van der Waals surface area contributed by atoms with E-state index in [9.17, 15) is 0 Å². The first-order valence-corrected chi connectivity index (χ1v) is 17.7. The molecular formula is C46H31N3OS. The van der Waals surface area contributed by atoms with E-state index in [2.05, 4.69) is 111 Å². The van der Waals surface area contributed by atoms with Crippen LogP contribution in [0.3, 0.4) is 0 Å². The van der Waals surface area contributed by atoms with E-state index in [1.165, 1.54) is 27.0 Å². The zero-order valence-corrected chi connectivity index (χ0v) is 28.7. The van der Waals surface area contributed by atoms with Gasteiger partial charge >= 0.3 is 0 Å². The molecule has 0 bridgehead atoms. The largest absolute Gasteiger partial charge is 0.456 e. The normalized spacial score (nSPS) is 11.6. The number of rotatable bonds is 7. The molecule has 9 rings (SSSR count). The highest BCUT2D eigenvalue weighted by Gasteiger charge is 2.20. The maximum Gasteiger partial charge on any atom is 0.165 e. The molecule has 0 saturated carbocycles. The molecule has 0 radical (unpaired) electrons. The van der Waals surface area contributed by atoms with Crippen molar-refractivity contribution in [3.05, 3.63) is 169 Å². The molecule has 0 unspecified atom stereocenters. The Hall–Kier alpha value is -6.43. The van der Waals surface area contributed by atoms with Crippen LogP contribution in [0.5, 0.6) is 0 Å². The fourth-order valence-corrected chi connectivity index (χ4v) is 8.02. The van der Waals surface area contributed by atoms with Crippen LogP contribution in [0.4, 0.5) is 0 Å². The number of fused-ring (bicyclic) bond motifs is 4. The number of furan rings is 1. The predicted molar refractivity (Wildman–Crippen MR) is 214 cm³/mol. The van der Waals surface area contributed by atoms with E-state index in [4.69, 9.17) is 19.4 Å². The van der Waals surface area contributed by atoms with E-state index in [-0.39, 0.29) is 0 Å². The van der Waals surface area contributed by atoms with Crippen molar-refractivity contribution in [2.45, 2.75) is 6.92 Å². The van der Waals surface area contributed by atoms with Gasteiger partial charge < -0.3 is 4.42 Å².